The molecule has 0 N–H and O–H groups in total. The van der Waals surface area contributed by atoms with Crippen LogP contribution in [0.1, 0.15) is 52.0 Å². The van der Waals surface area contributed by atoms with Gasteiger partial charge in [0.05, 0.1) is 27.2 Å². The Labute approximate surface area is 195 Å². The van der Waals surface area contributed by atoms with Gasteiger partial charge >= 0.3 is 0 Å². The van der Waals surface area contributed by atoms with Crippen molar-refractivity contribution in [3.05, 3.63) is 89.5 Å². The molecule has 3 aromatic rings. The molecule has 5 nitrogen and oxygen atoms in total. The molecule has 172 valence electrons. The van der Waals surface area contributed by atoms with E-state index in [-0.39, 0.29) is 11.6 Å². The van der Waals surface area contributed by atoms with Crippen LogP contribution >= 0.6 is 0 Å². The van der Waals surface area contributed by atoms with Gasteiger partial charge < -0.3 is 14.2 Å². The summed E-state index contributed by atoms with van der Waals surface area (Å²) in [7, 11) is 4.77. The predicted molar refractivity (Wildman–Crippen MR) is 129 cm³/mol. The third-order valence-electron chi connectivity index (χ3n) is 5.85. The lowest BCUT2D eigenvalue weighted by Gasteiger charge is -2.26. The number of methoxy groups -OCH3 is 3. The Kier molecular flexibility index (Phi) is 8.25. The molecule has 0 spiro atoms. The highest BCUT2D eigenvalue weighted by Crippen LogP contribution is 2.35. The summed E-state index contributed by atoms with van der Waals surface area (Å²) in [6.45, 7) is 2.03. The smallest absolute Gasteiger partial charge is 0.171 e. The summed E-state index contributed by atoms with van der Waals surface area (Å²) < 4.78 is 15.7. The molecule has 0 aliphatic heterocycles. The van der Waals surface area contributed by atoms with Crippen molar-refractivity contribution in [2.75, 3.05) is 21.3 Å². The van der Waals surface area contributed by atoms with Crippen LogP contribution in [0.4, 0.5) is 0 Å². The van der Waals surface area contributed by atoms with Crippen LogP contribution in [0, 0.1) is 5.92 Å². The lowest BCUT2D eigenvalue weighted by atomic mass is 9.75. The van der Waals surface area contributed by atoms with Crippen LogP contribution in [-0.4, -0.2) is 32.9 Å². The molecule has 3 rings (SSSR count). The summed E-state index contributed by atoms with van der Waals surface area (Å²) in [5.74, 6) is 0.769. The molecule has 0 aliphatic rings. The zero-order valence-corrected chi connectivity index (χ0v) is 19.5. The number of hydrogen-bond acceptors (Lipinski definition) is 5. The third kappa shape index (κ3) is 5.61. The Morgan fingerprint density at radius 3 is 1.42 bits per heavy atom. The van der Waals surface area contributed by atoms with Gasteiger partial charge in [0.15, 0.2) is 11.6 Å². The Balaban J connectivity index is 2.06. The maximum atomic E-state index is 13.8. The molecule has 33 heavy (non-hydrogen) atoms. The Bertz CT molecular complexity index is 1050. The second-order valence-electron chi connectivity index (χ2n) is 7.83. The quantitative estimate of drug-likeness (QED) is 0.339. The Morgan fingerprint density at radius 1 is 0.636 bits per heavy atom. The summed E-state index contributed by atoms with van der Waals surface area (Å²) >= 11 is 0. The second kappa shape index (κ2) is 11.3. The van der Waals surface area contributed by atoms with Gasteiger partial charge in [-0.3, -0.25) is 9.59 Å². The number of hydrogen-bond donors (Lipinski definition) is 0. The van der Waals surface area contributed by atoms with Crippen LogP contribution in [0.5, 0.6) is 17.2 Å². The monoisotopic (exact) mass is 446 g/mol. The van der Waals surface area contributed by atoms with Gasteiger partial charge in [0, 0.05) is 17.0 Å². The molecule has 5 heteroatoms. The molecule has 0 bridgehead atoms. The molecule has 0 amide bonds. The van der Waals surface area contributed by atoms with Gasteiger partial charge in [-0.2, -0.15) is 0 Å². The van der Waals surface area contributed by atoms with Crippen molar-refractivity contribution in [1.29, 1.82) is 0 Å². The van der Waals surface area contributed by atoms with Gasteiger partial charge in [0.1, 0.15) is 17.2 Å². The molecular formula is C28H30O5. The molecule has 0 aliphatic carbocycles. The van der Waals surface area contributed by atoms with Crippen molar-refractivity contribution in [1.82, 2.24) is 0 Å². The van der Waals surface area contributed by atoms with Gasteiger partial charge in [-0.1, -0.05) is 25.5 Å². The van der Waals surface area contributed by atoms with Crippen molar-refractivity contribution in [2.45, 2.75) is 25.7 Å². The maximum Gasteiger partial charge on any atom is 0.171 e. The number of Topliss-reactive ketones (excluding diaryl/α,β-unsaturated/α-hetero) is 2. The van der Waals surface area contributed by atoms with Gasteiger partial charge in [0.2, 0.25) is 0 Å². The lowest BCUT2D eigenvalue weighted by Crippen LogP contribution is -2.29. The zero-order valence-electron chi connectivity index (χ0n) is 19.5. The third-order valence-corrected chi connectivity index (χ3v) is 5.85. The topological polar surface area (TPSA) is 61.8 Å². The van der Waals surface area contributed by atoms with E-state index in [9.17, 15) is 9.59 Å². The maximum absolute atomic E-state index is 13.8. The van der Waals surface area contributed by atoms with E-state index < -0.39 is 11.8 Å². The zero-order chi connectivity index (χ0) is 23.8. The summed E-state index contributed by atoms with van der Waals surface area (Å²) in [6.07, 6.45) is 1.36. The first-order valence-electron chi connectivity index (χ1n) is 11.0. The normalized spacial score (nSPS) is 12.5. The fourth-order valence-electron chi connectivity index (χ4n) is 4.04. The van der Waals surface area contributed by atoms with Gasteiger partial charge in [-0.05, 0) is 72.6 Å². The van der Waals surface area contributed by atoms with Crippen LogP contribution in [0.3, 0.4) is 0 Å². The van der Waals surface area contributed by atoms with Crippen LogP contribution in [0.15, 0.2) is 72.8 Å². The van der Waals surface area contributed by atoms with Gasteiger partial charge in [-0.15, -0.1) is 0 Å². The summed E-state index contributed by atoms with van der Waals surface area (Å²) in [5, 5.41) is 0. The highest BCUT2D eigenvalue weighted by molar-refractivity contribution is 6.07. The minimum Gasteiger partial charge on any atom is -0.497 e. The summed E-state index contributed by atoms with van der Waals surface area (Å²) in [5.41, 5.74) is 1.90. The molecule has 0 saturated carbocycles. The van der Waals surface area contributed by atoms with Crippen LogP contribution in [0.2, 0.25) is 0 Å². The minimum atomic E-state index is -0.626. The van der Waals surface area contributed by atoms with E-state index in [1.165, 1.54) is 0 Å². The second-order valence-corrected chi connectivity index (χ2v) is 7.83. The van der Waals surface area contributed by atoms with Crippen molar-refractivity contribution in [3.8, 4) is 17.2 Å². The van der Waals surface area contributed by atoms with E-state index in [2.05, 4.69) is 0 Å². The first-order chi connectivity index (χ1) is 16.0. The van der Waals surface area contributed by atoms with E-state index in [1.807, 2.05) is 31.2 Å². The van der Waals surface area contributed by atoms with E-state index in [1.54, 1.807) is 69.9 Å². The fraction of sp³-hybridized carbons (Fsp3) is 0.286. The number of benzene rings is 3. The van der Waals surface area contributed by atoms with E-state index in [0.29, 0.717) is 34.8 Å². The first kappa shape index (κ1) is 24.1. The number of carbonyl (C=O) groups excluding carboxylic acids is 2. The SMILES string of the molecule is CCCC(C(=O)c1ccc(OC)cc1)C(C(=O)c1ccc(OC)cc1)c1ccc(OC)cc1. The summed E-state index contributed by atoms with van der Waals surface area (Å²) in [6, 6.07) is 21.5. The number of ketones is 2. The number of rotatable bonds is 11. The Hall–Kier alpha value is -3.60. The van der Waals surface area contributed by atoms with Gasteiger partial charge in [-0.25, -0.2) is 0 Å². The van der Waals surface area contributed by atoms with E-state index >= 15 is 0 Å². The predicted octanol–water partition coefficient (Wildman–Crippen LogP) is 5.98. The van der Waals surface area contributed by atoms with Crippen molar-refractivity contribution >= 4 is 11.6 Å². The van der Waals surface area contributed by atoms with Crippen molar-refractivity contribution in [3.63, 3.8) is 0 Å². The molecule has 3 aromatic carbocycles. The molecule has 0 fully saturated rings. The van der Waals surface area contributed by atoms with E-state index in [0.717, 1.165) is 12.0 Å². The highest BCUT2D eigenvalue weighted by atomic mass is 16.5. The lowest BCUT2D eigenvalue weighted by molar-refractivity contribution is 0.0812. The molecular weight excluding hydrogens is 416 g/mol. The molecule has 0 aromatic heterocycles. The van der Waals surface area contributed by atoms with Gasteiger partial charge in [0.25, 0.3) is 0 Å². The van der Waals surface area contributed by atoms with Crippen LogP contribution in [-0.2, 0) is 0 Å². The molecule has 0 radical (unpaired) electrons. The molecule has 0 saturated heterocycles. The fourth-order valence-corrected chi connectivity index (χ4v) is 4.04. The largest absolute Gasteiger partial charge is 0.497 e. The van der Waals surface area contributed by atoms with Crippen molar-refractivity contribution in [2.24, 2.45) is 5.92 Å². The standard InChI is InChI=1S/C28H30O5/c1-5-6-25(27(29)20-9-15-23(32-3)16-10-20)26(19-7-13-22(31-2)14-8-19)28(30)21-11-17-24(33-4)18-12-21/h7-18,25-26H,5-6H2,1-4H3. The van der Waals surface area contributed by atoms with Crippen LogP contribution < -0.4 is 14.2 Å². The molecule has 2 unspecified atom stereocenters. The number of carbonyl (C=O) groups is 2. The summed E-state index contributed by atoms with van der Waals surface area (Å²) in [4.78, 5) is 27.5. The molecule has 2 atom stereocenters. The average Bonchev–Trinajstić information content (AvgIpc) is 2.88. The van der Waals surface area contributed by atoms with Crippen LogP contribution in [0.25, 0.3) is 0 Å². The highest BCUT2D eigenvalue weighted by Gasteiger charge is 2.35. The van der Waals surface area contributed by atoms with Crippen molar-refractivity contribution < 1.29 is 23.8 Å². The number of ether oxygens (including phenoxy) is 3. The minimum absolute atomic E-state index is 0.0535. The average molecular weight is 447 g/mol. The first-order valence-corrected chi connectivity index (χ1v) is 11.0. The molecule has 0 heterocycles. The Morgan fingerprint density at radius 2 is 1.03 bits per heavy atom. The van der Waals surface area contributed by atoms with E-state index in [4.69, 9.17) is 14.2 Å².